The summed E-state index contributed by atoms with van der Waals surface area (Å²) in [7, 11) is 0. The van der Waals surface area contributed by atoms with Gasteiger partial charge >= 0.3 is 0 Å². The average molecular weight is 289 g/mol. The molecule has 0 aliphatic heterocycles. The Balaban J connectivity index is 2.38. The second-order valence-electron chi connectivity index (χ2n) is 5.86. The fourth-order valence-electron chi connectivity index (χ4n) is 2.53. The lowest BCUT2D eigenvalue weighted by molar-refractivity contribution is 0.588. The fraction of sp³-hybridized carbons (Fsp3) is 0.625. The summed E-state index contributed by atoms with van der Waals surface area (Å²) in [6.07, 6.45) is 7.24. The molecule has 2 aromatic rings. The van der Waals surface area contributed by atoms with Crippen LogP contribution in [0.2, 0.25) is 0 Å². The maximum atomic E-state index is 6.36. The molecule has 0 aliphatic carbocycles. The van der Waals surface area contributed by atoms with E-state index >= 15 is 0 Å². The molecule has 0 fully saturated rings. The topological polar surface area (TPSA) is 61.7 Å². The standard InChI is InChI=1S/C16H27N5/c1-5-7-9-21-15(17)14(19-16(21)12(3)4)13-10-18-20(11-13)8-6-2/h10-12H,5-9,17H2,1-4H3. The van der Waals surface area contributed by atoms with E-state index in [2.05, 4.69) is 37.4 Å². The number of anilines is 1. The van der Waals surface area contributed by atoms with E-state index in [-0.39, 0.29) is 0 Å². The summed E-state index contributed by atoms with van der Waals surface area (Å²) in [6, 6.07) is 0. The SMILES string of the molecule is CCCCn1c(C(C)C)nc(-c2cnn(CCC)c2)c1N. The Morgan fingerprint density at radius 3 is 2.57 bits per heavy atom. The average Bonchev–Trinajstić information content (AvgIpc) is 3.02. The van der Waals surface area contributed by atoms with E-state index < -0.39 is 0 Å². The maximum absolute atomic E-state index is 6.36. The van der Waals surface area contributed by atoms with E-state index in [4.69, 9.17) is 10.7 Å². The molecule has 0 bridgehead atoms. The number of rotatable bonds is 7. The lowest BCUT2D eigenvalue weighted by atomic mass is 10.2. The van der Waals surface area contributed by atoms with Crippen molar-refractivity contribution in [3.63, 3.8) is 0 Å². The second-order valence-corrected chi connectivity index (χ2v) is 5.86. The lowest BCUT2D eigenvalue weighted by Gasteiger charge is -2.11. The van der Waals surface area contributed by atoms with Crippen LogP contribution in [0.1, 0.15) is 58.7 Å². The van der Waals surface area contributed by atoms with Gasteiger partial charge in [0.1, 0.15) is 17.3 Å². The first kappa shape index (κ1) is 15.6. The molecule has 2 N–H and O–H groups in total. The third kappa shape index (κ3) is 3.28. The molecule has 0 amide bonds. The predicted molar refractivity (Wildman–Crippen MR) is 87.1 cm³/mol. The van der Waals surface area contributed by atoms with Gasteiger partial charge in [-0.25, -0.2) is 4.98 Å². The molecule has 0 saturated carbocycles. The zero-order chi connectivity index (χ0) is 15.4. The predicted octanol–water partition coefficient (Wildman–Crippen LogP) is 3.66. The third-order valence-corrected chi connectivity index (χ3v) is 3.65. The van der Waals surface area contributed by atoms with E-state index in [1.165, 1.54) is 0 Å². The Hall–Kier alpha value is -1.78. The minimum Gasteiger partial charge on any atom is -0.383 e. The van der Waals surface area contributed by atoms with Gasteiger partial charge in [-0.15, -0.1) is 0 Å². The van der Waals surface area contributed by atoms with Crippen LogP contribution in [-0.2, 0) is 13.1 Å². The molecule has 0 aliphatic rings. The quantitative estimate of drug-likeness (QED) is 0.846. The first-order valence-corrected chi connectivity index (χ1v) is 7.97. The molecule has 5 nitrogen and oxygen atoms in total. The molecule has 2 aromatic heterocycles. The minimum atomic E-state index is 0.364. The Kier molecular flexibility index (Phi) is 5.04. The Morgan fingerprint density at radius 2 is 1.95 bits per heavy atom. The summed E-state index contributed by atoms with van der Waals surface area (Å²) in [6.45, 7) is 10.5. The molecule has 2 heterocycles. The highest BCUT2D eigenvalue weighted by Gasteiger charge is 2.18. The van der Waals surface area contributed by atoms with Gasteiger partial charge in [0.2, 0.25) is 0 Å². The molecule has 21 heavy (non-hydrogen) atoms. The molecule has 0 radical (unpaired) electrons. The normalized spacial score (nSPS) is 11.5. The van der Waals surface area contributed by atoms with Crippen LogP contribution >= 0.6 is 0 Å². The van der Waals surface area contributed by atoms with Crippen LogP contribution in [0.25, 0.3) is 11.3 Å². The summed E-state index contributed by atoms with van der Waals surface area (Å²) < 4.78 is 4.12. The molecule has 0 saturated heterocycles. The van der Waals surface area contributed by atoms with E-state index in [0.29, 0.717) is 5.92 Å². The number of unbranched alkanes of at least 4 members (excludes halogenated alkanes) is 1. The lowest BCUT2D eigenvalue weighted by Crippen LogP contribution is -2.08. The van der Waals surface area contributed by atoms with Crippen molar-refractivity contribution >= 4 is 5.82 Å². The van der Waals surface area contributed by atoms with Crippen molar-refractivity contribution in [1.82, 2.24) is 19.3 Å². The molecule has 5 heteroatoms. The highest BCUT2D eigenvalue weighted by molar-refractivity contribution is 5.70. The van der Waals surface area contributed by atoms with Gasteiger partial charge in [-0.3, -0.25) is 4.68 Å². The molecule has 0 aromatic carbocycles. The smallest absolute Gasteiger partial charge is 0.131 e. The van der Waals surface area contributed by atoms with E-state index in [1.807, 2.05) is 17.1 Å². The summed E-state index contributed by atoms with van der Waals surface area (Å²) in [5.41, 5.74) is 8.25. The summed E-state index contributed by atoms with van der Waals surface area (Å²) in [4.78, 5) is 4.79. The van der Waals surface area contributed by atoms with Crippen LogP contribution in [0, 0.1) is 0 Å². The van der Waals surface area contributed by atoms with Gasteiger partial charge in [0, 0.05) is 30.8 Å². The van der Waals surface area contributed by atoms with Gasteiger partial charge in [0.05, 0.1) is 6.20 Å². The number of nitrogen functional groups attached to an aromatic ring is 1. The number of hydrogen-bond donors (Lipinski definition) is 1. The van der Waals surface area contributed by atoms with E-state index in [9.17, 15) is 0 Å². The zero-order valence-corrected chi connectivity index (χ0v) is 13.6. The molecule has 2 rings (SSSR count). The van der Waals surface area contributed by atoms with Gasteiger partial charge in [-0.05, 0) is 12.8 Å². The monoisotopic (exact) mass is 289 g/mol. The Morgan fingerprint density at radius 1 is 1.19 bits per heavy atom. The first-order valence-electron chi connectivity index (χ1n) is 7.97. The Labute approximate surface area is 127 Å². The van der Waals surface area contributed by atoms with Crippen molar-refractivity contribution in [1.29, 1.82) is 0 Å². The van der Waals surface area contributed by atoms with Gasteiger partial charge in [-0.2, -0.15) is 5.10 Å². The van der Waals surface area contributed by atoms with Crippen LogP contribution in [0.4, 0.5) is 5.82 Å². The number of aromatic nitrogens is 4. The molecular weight excluding hydrogens is 262 g/mol. The maximum Gasteiger partial charge on any atom is 0.131 e. The minimum absolute atomic E-state index is 0.364. The van der Waals surface area contributed by atoms with Crippen molar-refractivity contribution in [2.75, 3.05) is 5.73 Å². The second kappa shape index (κ2) is 6.78. The van der Waals surface area contributed by atoms with Crippen molar-refractivity contribution in [3.05, 3.63) is 18.2 Å². The summed E-state index contributed by atoms with van der Waals surface area (Å²) in [5, 5.41) is 4.38. The van der Waals surface area contributed by atoms with E-state index in [1.54, 1.807) is 0 Å². The largest absolute Gasteiger partial charge is 0.383 e. The third-order valence-electron chi connectivity index (χ3n) is 3.65. The number of hydrogen-bond acceptors (Lipinski definition) is 3. The van der Waals surface area contributed by atoms with Crippen molar-refractivity contribution < 1.29 is 0 Å². The van der Waals surface area contributed by atoms with Crippen LogP contribution in [0.5, 0.6) is 0 Å². The van der Waals surface area contributed by atoms with Gasteiger partial charge < -0.3 is 10.3 Å². The first-order chi connectivity index (χ1) is 10.1. The number of nitrogens with two attached hydrogens (primary N) is 1. The number of nitrogens with zero attached hydrogens (tertiary/aromatic N) is 4. The number of imidazole rings is 1. The molecule has 0 spiro atoms. The summed E-state index contributed by atoms with van der Waals surface area (Å²) >= 11 is 0. The molecule has 116 valence electrons. The van der Waals surface area contributed by atoms with Crippen LogP contribution < -0.4 is 5.73 Å². The number of aryl methyl sites for hydroxylation is 1. The molecular formula is C16H27N5. The molecule has 0 atom stereocenters. The van der Waals surface area contributed by atoms with E-state index in [0.717, 1.165) is 55.3 Å². The van der Waals surface area contributed by atoms with Gasteiger partial charge in [0.15, 0.2) is 0 Å². The van der Waals surface area contributed by atoms with Gasteiger partial charge in [-0.1, -0.05) is 34.1 Å². The van der Waals surface area contributed by atoms with Crippen molar-refractivity contribution in [2.24, 2.45) is 0 Å². The van der Waals surface area contributed by atoms with Gasteiger partial charge in [0.25, 0.3) is 0 Å². The highest BCUT2D eigenvalue weighted by atomic mass is 15.3. The summed E-state index contributed by atoms with van der Waals surface area (Å²) in [5.74, 6) is 2.20. The van der Waals surface area contributed by atoms with Crippen LogP contribution in [0.3, 0.4) is 0 Å². The fourth-order valence-corrected chi connectivity index (χ4v) is 2.53. The van der Waals surface area contributed by atoms with Crippen LogP contribution in [0.15, 0.2) is 12.4 Å². The molecule has 0 unspecified atom stereocenters. The Bertz CT molecular complexity index is 580. The van der Waals surface area contributed by atoms with Crippen molar-refractivity contribution in [2.45, 2.75) is 66.0 Å². The van der Waals surface area contributed by atoms with Crippen molar-refractivity contribution in [3.8, 4) is 11.3 Å². The zero-order valence-electron chi connectivity index (χ0n) is 13.6. The highest BCUT2D eigenvalue weighted by Crippen LogP contribution is 2.29. The van der Waals surface area contributed by atoms with Crippen LogP contribution in [-0.4, -0.2) is 19.3 Å².